The molecule has 0 aliphatic carbocycles. The number of nitrogens with one attached hydrogen (secondary N) is 1. The van der Waals surface area contributed by atoms with E-state index in [2.05, 4.69) is 27.8 Å². The first-order valence-corrected chi connectivity index (χ1v) is 6.76. The second kappa shape index (κ2) is 5.77. The largest absolute Gasteiger partial charge is 0.486 e. The lowest BCUT2D eigenvalue weighted by atomic mass is 10.2. The van der Waals surface area contributed by atoms with Gasteiger partial charge < -0.3 is 14.8 Å². The maximum absolute atomic E-state index is 5.66. The predicted molar refractivity (Wildman–Crippen MR) is 72.9 cm³/mol. The van der Waals surface area contributed by atoms with E-state index < -0.39 is 0 Å². The fraction of sp³-hybridized carbons (Fsp3) is 0.462. The fourth-order valence-electron chi connectivity index (χ4n) is 2.12. The Bertz CT molecular complexity index is 584. The molecule has 1 aromatic heterocycles. The minimum Gasteiger partial charge on any atom is -0.486 e. The molecule has 1 aliphatic rings. The van der Waals surface area contributed by atoms with E-state index in [1.807, 2.05) is 18.2 Å². The molecule has 106 valence electrons. The van der Waals surface area contributed by atoms with Gasteiger partial charge in [-0.25, -0.2) is 4.68 Å². The molecule has 1 N–H and O–H groups in total. The zero-order chi connectivity index (χ0) is 13.8. The summed E-state index contributed by atoms with van der Waals surface area (Å²) in [6.45, 7) is 4.62. The minimum absolute atomic E-state index is 0.548. The van der Waals surface area contributed by atoms with Crippen LogP contribution >= 0.6 is 0 Å². The molecule has 1 aliphatic heterocycles. The Kier molecular flexibility index (Phi) is 3.67. The Morgan fingerprint density at radius 2 is 2.20 bits per heavy atom. The van der Waals surface area contributed by atoms with Crippen LogP contribution in [0.3, 0.4) is 0 Å². The second-order valence-electron chi connectivity index (χ2n) is 4.50. The quantitative estimate of drug-likeness (QED) is 0.890. The summed E-state index contributed by atoms with van der Waals surface area (Å²) in [7, 11) is 0. The topological polar surface area (TPSA) is 74.1 Å². The number of ether oxygens (including phenoxy) is 2. The molecular weight excluding hydrogens is 258 g/mol. The van der Waals surface area contributed by atoms with Crippen LogP contribution in [0.2, 0.25) is 0 Å². The summed E-state index contributed by atoms with van der Waals surface area (Å²) in [5.41, 5.74) is 0.897. The van der Waals surface area contributed by atoms with E-state index in [4.69, 9.17) is 9.47 Å². The lowest BCUT2D eigenvalue weighted by Crippen LogP contribution is -2.17. The summed E-state index contributed by atoms with van der Waals surface area (Å²) in [6.07, 6.45) is 0.996. The van der Waals surface area contributed by atoms with Gasteiger partial charge in [-0.15, -0.1) is 5.10 Å². The van der Waals surface area contributed by atoms with Crippen molar-refractivity contribution in [1.29, 1.82) is 0 Å². The number of fused-ring (bicyclic) bond motifs is 1. The number of rotatable bonds is 5. The molecule has 0 saturated heterocycles. The number of benzene rings is 1. The van der Waals surface area contributed by atoms with Crippen LogP contribution in [0.4, 0.5) is 5.69 Å². The highest BCUT2D eigenvalue weighted by molar-refractivity contribution is 5.63. The number of para-hydroxylation sites is 1. The highest BCUT2D eigenvalue weighted by Crippen LogP contribution is 2.37. The summed E-state index contributed by atoms with van der Waals surface area (Å²) in [6, 6.07) is 5.80. The fourth-order valence-corrected chi connectivity index (χ4v) is 2.12. The molecule has 2 aromatic rings. The van der Waals surface area contributed by atoms with Gasteiger partial charge in [0.1, 0.15) is 13.2 Å². The van der Waals surface area contributed by atoms with Gasteiger partial charge in [0.25, 0.3) is 0 Å². The van der Waals surface area contributed by atoms with Crippen molar-refractivity contribution in [3.8, 4) is 11.5 Å². The van der Waals surface area contributed by atoms with Crippen LogP contribution in [0.25, 0.3) is 0 Å². The van der Waals surface area contributed by atoms with Crippen LogP contribution in [0.15, 0.2) is 18.2 Å². The maximum atomic E-state index is 5.66. The van der Waals surface area contributed by atoms with Crippen molar-refractivity contribution in [3.05, 3.63) is 24.0 Å². The monoisotopic (exact) mass is 275 g/mol. The molecule has 0 bridgehead atoms. The number of hydrogen-bond acceptors (Lipinski definition) is 6. The van der Waals surface area contributed by atoms with Gasteiger partial charge in [0.15, 0.2) is 17.3 Å². The van der Waals surface area contributed by atoms with E-state index in [1.54, 1.807) is 4.68 Å². The first kappa shape index (κ1) is 12.7. The molecule has 20 heavy (non-hydrogen) atoms. The number of tetrazole rings is 1. The summed E-state index contributed by atoms with van der Waals surface area (Å²) < 4.78 is 13.0. The van der Waals surface area contributed by atoms with Crippen molar-refractivity contribution in [3.63, 3.8) is 0 Å². The minimum atomic E-state index is 0.548. The van der Waals surface area contributed by atoms with Crippen molar-refractivity contribution in [2.45, 2.75) is 26.4 Å². The molecule has 0 saturated carbocycles. The normalized spacial score (nSPS) is 13.2. The first-order valence-electron chi connectivity index (χ1n) is 6.76. The summed E-state index contributed by atoms with van der Waals surface area (Å²) >= 11 is 0. The standard InChI is InChI=1S/C13H17N5O2/c1-2-6-18-12(15-16-17-18)9-14-10-4-3-5-11-13(10)20-8-7-19-11/h3-5,14H,2,6-9H2,1H3. The third-order valence-corrected chi connectivity index (χ3v) is 3.04. The van der Waals surface area contributed by atoms with Gasteiger partial charge in [-0.1, -0.05) is 13.0 Å². The molecule has 0 unspecified atom stereocenters. The van der Waals surface area contributed by atoms with E-state index in [9.17, 15) is 0 Å². The molecular formula is C13H17N5O2. The first-order chi connectivity index (χ1) is 9.88. The Morgan fingerprint density at radius 3 is 3.10 bits per heavy atom. The smallest absolute Gasteiger partial charge is 0.184 e. The SMILES string of the molecule is CCCn1nnnc1CNc1cccc2c1OCCO2. The Morgan fingerprint density at radius 1 is 1.30 bits per heavy atom. The van der Waals surface area contributed by atoms with Gasteiger partial charge >= 0.3 is 0 Å². The summed E-state index contributed by atoms with van der Waals surface area (Å²) in [5, 5.41) is 15.0. The molecule has 1 aromatic carbocycles. The lowest BCUT2D eigenvalue weighted by molar-refractivity contribution is 0.172. The summed E-state index contributed by atoms with van der Waals surface area (Å²) in [4.78, 5) is 0. The third kappa shape index (κ3) is 2.52. The van der Waals surface area contributed by atoms with E-state index in [-0.39, 0.29) is 0 Å². The van der Waals surface area contributed by atoms with E-state index in [0.29, 0.717) is 19.8 Å². The molecule has 0 radical (unpaired) electrons. The Balaban J connectivity index is 1.73. The zero-order valence-corrected chi connectivity index (χ0v) is 11.4. The van der Waals surface area contributed by atoms with Gasteiger partial charge in [0.2, 0.25) is 0 Å². The van der Waals surface area contributed by atoms with Crippen LogP contribution in [-0.4, -0.2) is 33.4 Å². The van der Waals surface area contributed by atoms with Gasteiger partial charge in [0, 0.05) is 6.54 Å². The van der Waals surface area contributed by atoms with Gasteiger partial charge in [-0.3, -0.25) is 0 Å². The molecule has 7 heteroatoms. The van der Waals surface area contributed by atoms with E-state index in [1.165, 1.54) is 0 Å². The number of nitrogens with zero attached hydrogens (tertiary/aromatic N) is 4. The predicted octanol–water partition coefficient (Wildman–Crippen LogP) is 1.47. The van der Waals surface area contributed by atoms with Crippen LogP contribution in [0, 0.1) is 0 Å². The summed E-state index contributed by atoms with van der Waals surface area (Å²) in [5.74, 6) is 2.34. The maximum Gasteiger partial charge on any atom is 0.184 e. The van der Waals surface area contributed by atoms with E-state index >= 15 is 0 Å². The number of hydrogen-bond donors (Lipinski definition) is 1. The molecule has 0 fully saturated rings. The molecule has 0 spiro atoms. The van der Waals surface area contributed by atoms with Crippen molar-refractivity contribution in [2.75, 3.05) is 18.5 Å². The Labute approximate surface area is 116 Å². The van der Waals surface area contributed by atoms with Crippen LogP contribution in [0.1, 0.15) is 19.2 Å². The van der Waals surface area contributed by atoms with Crippen molar-refractivity contribution >= 4 is 5.69 Å². The van der Waals surface area contributed by atoms with Gasteiger partial charge in [0.05, 0.1) is 12.2 Å². The molecule has 0 amide bonds. The average molecular weight is 275 g/mol. The molecule has 2 heterocycles. The van der Waals surface area contributed by atoms with Crippen LogP contribution < -0.4 is 14.8 Å². The lowest BCUT2D eigenvalue weighted by Gasteiger charge is -2.21. The highest BCUT2D eigenvalue weighted by atomic mass is 16.6. The molecule has 3 rings (SSSR count). The zero-order valence-electron chi connectivity index (χ0n) is 11.4. The van der Waals surface area contributed by atoms with E-state index in [0.717, 1.165) is 36.0 Å². The third-order valence-electron chi connectivity index (χ3n) is 3.04. The molecule has 7 nitrogen and oxygen atoms in total. The van der Waals surface area contributed by atoms with Gasteiger partial charge in [-0.05, 0) is 29.0 Å². The van der Waals surface area contributed by atoms with Crippen LogP contribution in [-0.2, 0) is 13.1 Å². The van der Waals surface area contributed by atoms with Crippen LogP contribution in [0.5, 0.6) is 11.5 Å². The number of anilines is 1. The van der Waals surface area contributed by atoms with Gasteiger partial charge in [-0.2, -0.15) is 0 Å². The Hall–Kier alpha value is -2.31. The number of aromatic nitrogens is 4. The number of aryl methyl sites for hydroxylation is 1. The van der Waals surface area contributed by atoms with Crippen molar-refractivity contribution in [2.24, 2.45) is 0 Å². The molecule has 0 atom stereocenters. The second-order valence-corrected chi connectivity index (χ2v) is 4.50. The van der Waals surface area contributed by atoms with Crippen molar-refractivity contribution < 1.29 is 9.47 Å². The highest BCUT2D eigenvalue weighted by Gasteiger charge is 2.16. The average Bonchev–Trinajstić information content (AvgIpc) is 2.93. The van der Waals surface area contributed by atoms with Crippen molar-refractivity contribution in [1.82, 2.24) is 20.2 Å².